The van der Waals surface area contributed by atoms with E-state index in [-0.39, 0.29) is 12.1 Å². The lowest BCUT2D eigenvalue weighted by Gasteiger charge is -2.38. The molecule has 14 nitrogen and oxygen atoms in total. The minimum absolute atomic E-state index is 0.210. The molecule has 2 aliphatic carbocycles. The number of hydrogen-bond acceptors (Lipinski definition) is 12. The highest BCUT2D eigenvalue weighted by Gasteiger charge is 2.40. The van der Waals surface area contributed by atoms with Crippen LogP contribution < -0.4 is 14.8 Å². The molecule has 2 saturated carbocycles. The quantitative estimate of drug-likeness (QED) is 0.210. The molecule has 250 valence electrons. The van der Waals surface area contributed by atoms with Gasteiger partial charge in [-0.15, -0.1) is 10.2 Å². The van der Waals surface area contributed by atoms with Gasteiger partial charge in [-0.1, -0.05) is 17.7 Å². The number of nitrogens with one attached hydrogen (secondary N) is 1. The van der Waals surface area contributed by atoms with Crippen LogP contribution in [0.15, 0.2) is 43.1 Å². The van der Waals surface area contributed by atoms with Crippen LogP contribution in [0.25, 0.3) is 11.1 Å². The Bertz CT molecular complexity index is 1600. The molecule has 1 unspecified atom stereocenters. The maximum atomic E-state index is 10.3. The van der Waals surface area contributed by atoms with Crippen LogP contribution in [0.5, 0.6) is 11.6 Å². The molecule has 0 radical (unpaired) electrons. The van der Waals surface area contributed by atoms with Crippen molar-refractivity contribution in [3.8, 4) is 22.8 Å². The number of rotatable bonds is 13. The zero-order valence-corrected chi connectivity index (χ0v) is 27.3. The molecule has 3 aliphatic rings. The smallest absolute Gasteiger partial charge is 0.256 e. The summed E-state index contributed by atoms with van der Waals surface area (Å²) in [5.41, 5.74) is 1.79. The van der Waals surface area contributed by atoms with Gasteiger partial charge in [-0.2, -0.15) is 0 Å². The van der Waals surface area contributed by atoms with Gasteiger partial charge in [0.05, 0.1) is 49.2 Å². The van der Waals surface area contributed by atoms with Crippen molar-refractivity contribution in [3.63, 3.8) is 0 Å². The third-order valence-corrected chi connectivity index (χ3v) is 9.57. The van der Waals surface area contributed by atoms with Gasteiger partial charge in [-0.3, -0.25) is 9.58 Å². The van der Waals surface area contributed by atoms with E-state index < -0.39 is 5.60 Å². The number of morpholine rings is 1. The molecule has 1 atom stereocenters. The van der Waals surface area contributed by atoms with Crippen LogP contribution in [-0.2, 0) is 11.3 Å². The average Bonchev–Trinajstić information content (AvgIpc) is 3.41. The van der Waals surface area contributed by atoms with Crippen molar-refractivity contribution in [2.75, 3.05) is 38.2 Å². The summed E-state index contributed by atoms with van der Waals surface area (Å²) in [7, 11) is 0. The van der Waals surface area contributed by atoms with Gasteiger partial charge in [0.2, 0.25) is 5.95 Å². The number of nitrogens with zero attached hydrogens (tertiary/aromatic N) is 9. The largest absolute Gasteiger partial charge is 0.487 e. The van der Waals surface area contributed by atoms with Crippen LogP contribution in [-0.4, -0.2) is 101 Å². The minimum atomic E-state index is -0.591. The molecular weight excluding hydrogens is 624 g/mol. The van der Waals surface area contributed by atoms with Crippen LogP contribution in [0.2, 0.25) is 5.02 Å². The highest BCUT2D eigenvalue weighted by Crippen LogP contribution is 2.39. The Morgan fingerprint density at radius 3 is 2.57 bits per heavy atom. The second-order valence-corrected chi connectivity index (χ2v) is 13.2. The predicted molar refractivity (Wildman–Crippen MR) is 174 cm³/mol. The summed E-state index contributed by atoms with van der Waals surface area (Å²) in [6, 6.07) is 6.48. The van der Waals surface area contributed by atoms with Crippen molar-refractivity contribution in [1.29, 1.82) is 0 Å². The van der Waals surface area contributed by atoms with E-state index in [9.17, 15) is 5.11 Å². The van der Waals surface area contributed by atoms with E-state index in [2.05, 4.69) is 35.7 Å². The van der Waals surface area contributed by atoms with E-state index in [4.69, 9.17) is 30.9 Å². The first-order chi connectivity index (χ1) is 22.9. The standard InChI is InChI=1S/C32H41ClN10O4/c1-22(19-42-21-36-39-40-42)47-29-16-23(2-7-27(29)33)24-17-34-31(35-18-24)37-28-20-43(38-30(28)46-13-10-32(44)8-9-32)26-5-3-25(4-6-26)41-11-14-45-15-12-41/h2,7,16-18,20-22,25-26,44H,3-6,8-15,19H2,1H3,(H,34,35,37). The molecule has 1 saturated heterocycles. The molecule has 3 aromatic heterocycles. The molecule has 1 aromatic carbocycles. The molecule has 0 spiro atoms. The zero-order valence-electron chi connectivity index (χ0n) is 26.5. The lowest BCUT2D eigenvalue weighted by atomic mass is 9.90. The van der Waals surface area contributed by atoms with Crippen molar-refractivity contribution in [2.45, 2.75) is 82.2 Å². The second kappa shape index (κ2) is 14.1. The third kappa shape index (κ3) is 8.00. The SMILES string of the molecule is CC(Cn1cnnn1)Oc1cc(-c2cnc(Nc3cn(C4CCC(N5CCOCC5)CC4)nc3OCCC3(O)CC3)nc2)ccc1Cl. The Morgan fingerprint density at radius 2 is 1.85 bits per heavy atom. The van der Waals surface area contributed by atoms with Gasteiger partial charge < -0.3 is 24.6 Å². The fourth-order valence-electron chi connectivity index (χ4n) is 6.33. The first-order valence-corrected chi connectivity index (χ1v) is 16.8. The van der Waals surface area contributed by atoms with Crippen LogP contribution in [0.3, 0.4) is 0 Å². The highest BCUT2D eigenvalue weighted by molar-refractivity contribution is 6.32. The molecular formula is C32H41ClN10O4. The molecule has 4 aromatic rings. The van der Waals surface area contributed by atoms with E-state index in [0.29, 0.717) is 53.9 Å². The number of benzene rings is 1. The molecule has 15 heteroatoms. The Hall–Kier alpha value is -3.85. The van der Waals surface area contributed by atoms with E-state index in [1.54, 1.807) is 29.5 Å². The zero-order chi connectivity index (χ0) is 32.2. The summed E-state index contributed by atoms with van der Waals surface area (Å²) in [4.78, 5) is 11.8. The topological polar surface area (TPSA) is 150 Å². The Labute approximate surface area is 278 Å². The van der Waals surface area contributed by atoms with E-state index in [1.165, 1.54) is 0 Å². The molecule has 47 heavy (non-hydrogen) atoms. The fraction of sp³-hybridized carbons (Fsp3) is 0.562. The van der Waals surface area contributed by atoms with Crippen LogP contribution in [0.1, 0.15) is 57.9 Å². The van der Waals surface area contributed by atoms with Crippen LogP contribution in [0.4, 0.5) is 11.6 Å². The van der Waals surface area contributed by atoms with Gasteiger partial charge in [-0.05, 0) is 73.6 Å². The second-order valence-electron chi connectivity index (χ2n) is 12.8. The monoisotopic (exact) mass is 664 g/mol. The van der Waals surface area contributed by atoms with E-state index >= 15 is 0 Å². The summed E-state index contributed by atoms with van der Waals surface area (Å²) in [5.74, 6) is 1.47. The summed E-state index contributed by atoms with van der Waals surface area (Å²) in [5, 5.41) is 30.2. The predicted octanol–water partition coefficient (Wildman–Crippen LogP) is 4.30. The number of aromatic nitrogens is 8. The number of ether oxygens (including phenoxy) is 3. The normalized spacial score (nSPS) is 21.7. The van der Waals surface area contributed by atoms with Crippen LogP contribution in [0, 0.1) is 0 Å². The lowest BCUT2D eigenvalue weighted by molar-refractivity contribution is 0.00502. The van der Waals surface area contributed by atoms with Crippen molar-refractivity contribution >= 4 is 23.2 Å². The number of halogens is 1. The average molecular weight is 665 g/mol. The van der Waals surface area contributed by atoms with Gasteiger partial charge in [0.15, 0.2) is 0 Å². The molecule has 0 amide bonds. The maximum Gasteiger partial charge on any atom is 0.256 e. The Morgan fingerprint density at radius 1 is 1.09 bits per heavy atom. The molecule has 0 bridgehead atoms. The number of anilines is 2. The van der Waals surface area contributed by atoms with Gasteiger partial charge in [0.25, 0.3) is 5.88 Å². The molecule has 3 fully saturated rings. The molecule has 7 rings (SSSR count). The van der Waals surface area contributed by atoms with E-state index in [0.717, 1.165) is 76.0 Å². The Kier molecular flexibility index (Phi) is 9.52. The number of tetrazole rings is 1. The minimum Gasteiger partial charge on any atom is -0.487 e. The summed E-state index contributed by atoms with van der Waals surface area (Å²) < 4.78 is 21.4. The lowest BCUT2D eigenvalue weighted by Crippen LogP contribution is -2.45. The summed E-state index contributed by atoms with van der Waals surface area (Å²) in [6.07, 6.45) is 13.4. The molecule has 2 N–H and O–H groups in total. The third-order valence-electron chi connectivity index (χ3n) is 9.26. The highest BCUT2D eigenvalue weighted by atomic mass is 35.5. The summed E-state index contributed by atoms with van der Waals surface area (Å²) >= 11 is 6.45. The van der Waals surface area contributed by atoms with Crippen molar-refractivity contribution in [1.82, 2.24) is 44.9 Å². The first-order valence-electron chi connectivity index (χ1n) is 16.4. The Balaban J connectivity index is 1.02. The maximum absolute atomic E-state index is 10.3. The summed E-state index contributed by atoms with van der Waals surface area (Å²) in [6.45, 7) is 6.49. The van der Waals surface area contributed by atoms with Crippen molar-refractivity contribution in [3.05, 3.63) is 48.1 Å². The van der Waals surface area contributed by atoms with Gasteiger partial charge in [0, 0.05) is 43.5 Å². The van der Waals surface area contributed by atoms with Gasteiger partial charge in [0.1, 0.15) is 23.9 Å². The van der Waals surface area contributed by atoms with E-state index in [1.807, 2.05) is 29.9 Å². The van der Waals surface area contributed by atoms with Gasteiger partial charge in [-0.25, -0.2) is 14.6 Å². The number of hydrogen-bond donors (Lipinski definition) is 2. The van der Waals surface area contributed by atoms with Crippen molar-refractivity contribution < 1.29 is 19.3 Å². The molecule has 1 aliphatic heterocycles. The van der Waals surface area contributed by atoms with Gasteiger partial charge >= 0.3 is 0 Å². The van der Waals surface area contributed by atoms with Crippen molar-refractivity contribution in [2.24, 2.45) is 0 Å². The molecule has 4 heterocycles. The first kappa shape index (κ1) is 31.7. The van der Waals surface area contributed by atoms with Crippen LogP contribution >= 0.6 is 11.6 Å². The number of aliphatic hydroxyl groups is 1. The fourth-order valence-corrected chi connectivity index (χ4v) is 6.50.